The molecule has 0 spiro atoms. The van der Waals surface area contributed by atoms with E-state index in [0.717, 1.165) is 25.8 Å². The minimum Gasteiger partial charge on any atom is -0.312 e. The summed E-state index contributed by atoms with van der Waals surface area (Å²) in [4.78, 5) is 0. The van der Waals surface area contributed by atoms with Gasteiger partial charge in [0.25, 0.3) is 0 Å². The van der Waals surface area contributed by atoms with Crippen LogP contribution in [0, 0.1) is 0 Å². The van der Waals surface area contributed by atoms with Crippen LogP contribution in [0.4, 0.5) is 0 Å². The second kappa shape index (κ2) is 7.37. The molecule has 4 heteroatoms. The molecule has 0 aliphatic heterocycles. The highest BCUT2D eigenvalue weighted by Crippen LogP contribution is 2.24. The minimum atomic E-state index is -3.03. The zero-order valence-electron chi connectivity index (χ0n) is 12.0. The van der Waals surface area contributed by atoms with Gasteiger partial charge in [-0.25, -0.2) is 8.42 Å². The van der Waals surface area contributed by atoms with E-state index in [-0.39, 0.29) is 6.04 Å². The molecule has 3 nitrogen and oxygen atoms in total. The molecular weight excluding hydrogens is 234 g/mol. The van der Waals surface area contributed by atoms with Gasteiger partial charge in [-0.05, 0) is 33.2 Å². The van der Waals surface area contributed by atoms with Crippen LogP contribution in [0.3, 0.4) is 0 Å². The van der Waals surface area contributed by atoms with Crippen molar-refractivity contribution in [2.45, 2.75) is 70.6 Å². The largest absolute Gasteiger partial charge is 0.312 e. The average Bonchev–Trinajstić information content (AvgIpc) is 2.21. The highest BCUT2D eigenvalue weighted by Gasteiger charge is 2.38. The van der Waals surface area contributed by atoms with Gasteiger partial charge in [-0.2, -0.15) is 0 Å². The molecule has 0 saturated heterocycles. The van der Waals surface area contributed by atoms with Gasteiger partial charge in [-0.15, -0.1) is 0 Å². The highest BCUT2D eigenvalue weighted by molar-refractivity contribution is 7.92. The van der Waals surface area contributed by atoms with Gasteiger partial charge in [0.1, 0.15) is 0 Å². The topological polar surface area (TPSA) is 46.2 Å². The van der Waals surface area contributed by atoms with Gasteiger partial charge >= 0.3 is 0 Å². The molecule has 0 heterocycles. The van der Waals surface area contributed by atoms with E-state index in [4.69, 9.17) is 0 Å². The average molecular weight is 263 g/mol. The lowest BCUT2D eigenvalue weighted by Gasteiger charge is -2.33. The fraction of sp³-hybridized carbons (Fsp3) is 1.00. The van der Waals surface area contributed by atoms with Crippen LogP contribution in [-0.4, -0.2) is 32.0 Å². The van der Waals surface area contributed by atoms with E-state index < -0.39 is 14.6 Å². The maximum absolute atomic E-state index is 11.9. The van der Waals surface area contributed by atoms with Crippen molar-refractivity contribution in [3.8, 4) is 0 Å². The van der Waals surface area contributed by atoms with Crippen molar-refractivity contribution in [3.63, 3.8) is 0 Å². The molecule has 0 aliphatic rings. The monoisotopic (exact) mass is 263 g/mol. The van der Waals surface area contributed by atoms with Gasteiger partial charge < -0.3 is 5.32 Å². The molecule has 0 fully saturated rings. The summed E-state index contributed by atoms with van der Waals surface area (Å²) in [5.74, 6) is 0. The summed E-state index contributed by atoms with van der Waals surface area (Å²) in [6.45, 7) is 8.82. The van der Waals surface area contributed by atoms with Crippen molar-refractivity contribution < 1.29 is 8.42 Å². The van der Waals surface area contributed by atoms with Crippen molar-refractivity contribution in [1.29, 1.82) is 0 Å². The third-order valence-corrected chi connectivity index (χ3v) is 5.73. The van der Waals surface area contributed by atoms with E-state index in [1.54, 1.807) is 0 Å². The van der Waals surface area contributed by atoms with Gasteiger partial charge in [0.05, 0.1) is 4.75 Å². The molecule has 17 heavy (non-hydrogen) atoms. The van der Waals surface area contributed by atoms with E-state index in [1.165, 1.54) is 19.1 Å². The van der Waals surface area contributed by atoms with Crippen molar-refractivity contribution in [2.75, 3.05) is 12.8 Å². The molecule has 1 N–H and O–H groups in total. The van der Waals surface area contributed by atoms with Crippen LogP contribution in [0.2, 0.25) is 0 Å². The fourth-order valence-electron chi connectivity index (χ4n) is 1.87. The predicted molar refractivity (Wildman–Crippen MR) is 75.1 cm³/mol. The third-order valence-electron chi connectivity index (χ3n) is 3.53. The first-order valence-electron chi connectivity index (χ1n) is 6.70. The minimum absolute atomic E-state index is 0.0593. The Morgan fingerprint density at radius 3 is 2.12 bits per heavy atom. The van der Waals surface area contributed by atoms with Crippen LogP contribution in [0.5, 0.6) is 0 Å². The number of hydrogen-bond donors (Lipinski definition) is 1. The van der Waals surface area contributed by atoms with Gasteiger partial charge in [-0.1, -0.05) is 33.1 Å². The van der Waals surface area contributed by atoms with Gasteiger partial charge in [0, 0.05) is 12.3 Å². The van der Waals surface area contributed by atoms with E-state index in [1.807, 2.05) is 13.8 Å². The lowest BCUT2D eigenvalue weighted by molar-refractivity contribution is 0.377. The van der Waals surface area contributed by atoms with Crippen LogP contribution in [-0.2, 0) is 9.84 Å². The van der Waals surface area contributed by atoms with Crippen molar-refractivity contribution in [3.05, 3.63) is 0 Å². The smallest absolute Gasteiger partial charge is 0.154 e. The zero-order valence-corrected chi connectivity index (χ0v) is 12.9. The molecule has 0 amide bonds. The number of unbranched alkanes of at least 4 members (excludes halogenated alkanes) is 2. The van der Waals surface area contributed by atoms with Gasteiger partial charge in [0.2, 0.25) is 0 Å². The predicted octanol–water partition coefficient (Wildman–Crippen LogP) is 2.76. The maximum atomic E-state index is 11.9. The molecule has 0 radical (unpaired) electrons. The summed E-state index contributed by atoms with van der Waals surface area (Å²) >= 11 is 0. The summed E-state index contributed by atoms with van der Waals surface area (Å²) in [5, 5.41) is 3.40. The summed E-state index contributed by atoms with van der Waals surface area (Å²) < 4.78 is 23.0. The Morgan fingerprint density at radius 2 is 1.71 bits per heavy atom. The zero-order chi connectivity index (χ0) is 13.5. The second-order valence-corrected chi connectivity index (χ2v) is 7.97. The number of nitrogens with one attached hydrogen (secondary N) is 1. The molecule has 0 aromatic carbocycles. The lowest BCUT2D eigenvalue weighted by Crippen LogP contribution is -2.51. The third kappa shape index (κ3) is 5.38. The molecule has 1 atom stereocenters. The summed E-state index contributed by atoms with van der Waals surface area (Å²) in [6, 6.07) is 0.0593. The maximum Gasteiger partial charge on any atom is 0.154 e. The first-order valence-corrected chi connectivity index (χ1v) is 8.59. The second-order valence-electron chi connectivity index (χ2n) is 5.38. The number of rotatable bonds is 9. The molecule has 0 aliphatic carbocycles. The standard InChI is InChI=1S/C13H29NO2S/c1-6-8-9-10-12(14-11-7-2)13(3,4)17(5,15)16/h12,14H,6-11H2,1-5H3. The highest BCUT2D eigenvalue weighted by atomic mass is 32.2. The molecule has 0 saturated carbocycles. The summed E-state index contributed by atoms with van der Waals surface area (Å²) in [6.07, 6.45) is 6.74. The fourth-order valence-corrected chi connectivity index (χ4v) is 2.59. The molecule has 1 unspecified atom stereocenters. The van der Waals surface area contributed by atoms with E-state index >= 15 is 0 Å². The van der Waals surface area contributed by atoms with Crippen LogP contribution < -0.4 is 5.32 Å². The van der Waals surface area contributed by atoms with Crippen LogP contribution in [0.15, 0.2) is 0 Å². The number of sulfone groups is 1. The quantitative estimate of drug-likeness (QED) is 0.651. The van der Waals surface area contributed by atoms with Gasteiger partial charge in [-0.3, -0.25) is 0 Å². The molecule has 104 valence electrons. The molecular formula is C13H29NO2S. The molecule has 0 bridgehead atoms. The Morgan fingerprint density at radius 1 is 1.12 bits per heavy atom. The molecule has 0 aromatic heterocycles. The molecule has 0 rings (SSSR count). The van der Waals surface area contributed by atoms with Crippen LogP contribution in [0.25, 0.3) is 0 Å². The first-order chi connectivity index (χ1) is 7.77. The van der Waals surface area contributed by atoms with Crippen molar-refractivity contribution in [1.82, 2.24) is 5.32 Å². The van der Waals surface area contributed by atoms with Gasteiger partial charge in [0.15, 0.2) is 9.84 Å². The van der Waals surface area contributed by atoms with E-state index in [9.17, 15) is 8.42 Å². The van der Waals surface area contributed by atoms with E-state index in [2.05, 4.69) is 19.2 Å². The summed E-state index contributed by atoms with van der Waals surface area (Å²) in [5.41, 5.74) is 0. The number of hydrogen-bond acceptors (Lipinski definition) is 3. The Hall–Kier alpha value is -0.0900. The Kier molecular flexibility index (Phi) is 7.33. The lowest BCUT2D eigenvalue weighted by atomic mass is 9.96. The Bertz CT molecular complexity index is 297. The van der Waals surface area contributed by atoms with Crippen molar-refractivity contribution in [2.24, 2.45) is 0 Å². The first kappa shape index (κ1) is 16.9. The van der Waals surface area contributed by atoms with Crippen LogP contribution in [0.1, 0.15) is 59.8 Å². The summed E-state index contributed by atoms with van der Waals surface area (Å²) in [7, 11) is -3.03. The Labute approximate surface area is 107 Å². The molecule has 0 aromatic rings. The van der Waals surface area contributed by atoms with Crippen LogP contribution >= 0.6 is 0 Å². The Balaban J connectivity index is 4.65. The normalized spacial score (nSPS) is 14.9. The van der Waals surface area contributed by atoms with E-state index in [0.29, 0.717) is 0 Å². The van der Waals surface area contributed by atoms with Crippen molar-refractivity contribution >= 4 is 9.84 Å². The SMILES string of the molecule is CCCCCC(NCCC)C(C)(C)S(C)(=O)=O.